The zero-order valence-corrected chi connectivity index (χ0v) is 9.56. The van der Waals surface area contributed by atoms with E-state index in [2.05, 4.69) is 5.32 Å². The number of hydrogen-bond donors (Lipinski definition) is 2. The standard InChI is InChI=1S/C12H17F2NO/c1-3-15-7-6-12(2,16)10-8-9(13)4-5-11(10)14/h4-5,8,15-16H,3,6-7H2,1-2H3. The summed E-state index contributed by atoms with van der Waals surface area (Å²) in [6.07, 6.45) is 0.335. The Kier molecular flexibility index (Phi) is 4.38. The maximum Gasteiger partial charge on any atom is 0.129 e. The zero-order chi connectivity index (χ0) is 12.2. The fourth-order valence-corrected chi connectivity index (χ4v) is 1.55. The van der Waals surface area contributed by atoms with Gasteiger partial charge < -0.3 is 10.4 Å². The van der Waals surface area contributed by atoms with Crippen LogP contribution in [0.25, 0.3) is 0 Å². The molecule has 0 heterocycles. The highest BCUT2D eigenvalue weighted by atomic mass is 19.1. The van der Waals surface area contributed by atoms with Crippen molar-refractivity contribution in [2.24, 2.45) is 0 Å². The van der Waals surface area contributed by atoms with E-state index >= 15 is 0 Å². The molecule has 90 valence electrons. The summed E-state index contributed by atoms with van der Waals surface area (Å²) >= 11 is 0. The van der Waals surface area contributed by atoms with Gasteiger partial charge in [-0.1, -0.05) is 6.92 Å². The highest BCUT2D eigenvalue weighted by molar-refractivity contribution is 5.24. The summed E-state index contributed by atoms with van der Waals surface area (Å²) in [6.45, 7) is 4.76. The number of aliphatic hydroxyl groups is 1. The van der Waals surface area contributed by atoms with Crippen LogP contribution in [0.1, 0.15) is 25.8 Å². The molecule has 0 bridgehead atoms. The van der Waals surface area contributed by atoms with Crippen molar-refractivity contribution in [2.75, 3.05) is 13.1 Å². The fraction of sp³-hybridized carbons (Fsp3) is 0.500. The van der Waals surface area contributed by atoms with Crippen LogP contribution in [-0.2, 0) is 5.60 Å². The van der Waals surface area contributed by atoms with Gasteiger partial charge in [-0.25, -0.2) is 8.78 Å². The van der Waals surface area contributed by atoms with Crippen LogP contribution in [0.2, 0.25) is 0 Å². The summed E-state index contributed by atoms with van der Waals surface area (Å²) in [5.74, 6) is -1.12. The highest BCUT2D eigenvalue weighted by Crippen LogP contribution is 2.27. The Morgan fingerprint density at radius 3 is 2.69 bits per heavy atom. The zero-order valence-electron chi connectivity index (χ0n) is 9.56. The van der Waals surface area contributed by atoms with Crippen molar-refractivity contribution in [1.29, 1.82) is 0 Å². The molecule has 4 heteroatoms. The minimum atomic E-state index is -1.35. The van der Waals surface area contributed by atoms with Gasteiger partial charge in [-0.2, -0.15) is 0 Å². The van der Waals surface area contributed by atoms with Crippen LogP contribution >= 0.6 is 0 Å². The summed E-state index contributed by atoms with van der Waals surface area (Å²) in [6, 6.07) is 3.12. The third kappa shape index (κ3) is 3.25. The molecule has 0 aromatic heterocycles. The van der Waals surface area contributed by atoms with Crippen LogP contribution in [0, 0.1) is 11.6 Å². The van der Waals surface area contributed by atoms with Crippen molar-refractivity contribution >= 4 is 0 Å². The lowest BCUT2D eigenvalue weighted by atomic mass is 9.92. The predicted molar refractivity (Wildman–Crippen MR) is 59.1 cm³/mol. The van der Waals surface area contributed by atoms with Crippen molar-refractivity contribution in [3.05, 3.63) is 35.4 Å². The third-order valence-corrected chi connectivity index (χ3v) is 2.55. The Labute approximate surface area is 94.3 Å². The predicted octanol–water partition coefficient (Wildman–Crippen LogP) is 2.17. The van der Waals surface area contributed by atoms with E-state index < -0.39 is 17.2 Å². The van der Waals surface area contributed by atoms with E-state index in [1.165, 1.54) is 6.92 Å². The Morgan fingerprint density at radius 1 is 1.38 bits per heavy atom. The van der Waals surface area contributed by atoms with Crippen LogP contribution < -0.4 is 5.32 Å². The highest BCUT2D eigenvalue weighted by Gasteiger charge is 2.26. The number of rotatable bonds is 5. The van der Waals surface area contributed by atoms with Crippen molar-refractivity contribution < 1.29 is 13.9 Å². The number of benzene rings is 1. The first-order chi connectivity index (χ1) is 7.47. The molecule has 1 aromatic carbocycles. The average Bonchev–Trinajstić information content (AvgIpc) is 2.22. The van der Waals surface area contributed by atoms with Crippen LogP contribution in [0.15, 0.2) is 18.2 Å². The van der Waals surface area contributed by atoms with Gasteiger partial charge in [0.2, 0.25) is 0 Å². The maximum atomic E-state index is 13.4. The van der Waals surface area contributed by atoms with E-state index in [0.717, 1.165) is 24.7 Å². The van der Waals surface area contributed by atoms with Gasteiger partial charge in [0.05, 0.1) is 5.60 Å². The molecule has 0 aliphatic carbocycles. The van der Waals surface area contributed by atoms with E-state index in [1.807, 2.05) is 6.92 Å². The minimum Gasteiger partial charge on any atom is -0.385 e. The van der Waals surface area contributed by atoms with Crippen molar-refractivity contribution in [3.8, 4) is 0 Å². The van der Waals surface area contributed by atoms with Gasteiger partial charge >= 0.3 is 0 Å². The smallest absolute Gasteiger partial charge is 0.129 e. The van der Waals surface area contributed by atoms with E-state index in [0.29, 0.717) is 13.0 Å². The Balaban J connectivity index is 2.83. The van der Waals surface area contributed by atoms with Gasteiger partial charge in [0.1, 0.15) is 11.6 Å². The van der Waals surface area contributed by atoms with Crippen LogP contribution in [0.3, 0.4) is 0 Å². The van der Waals surface area contributed by atoms with Gasteiger partial charge in [0.25, 0.3) is 0 Å². The lowest BCUT2D eigenvalue weighted by molar-refractivity contribution is 0.0441. The first-order valence-electron chi connectivity index (χ1n) is 5.36. The third-order valence-electron chi connectivity index (χ3n) is 2.55. The van der Waals surface area contributed by atoms with Gasteiger partial charge in [0.15, 0.2) is 0 Å². The molecule has 0 fully saturated rings. The van der Waals surface area contributed by atoms with Crippen molar-refractivity contribution in [3.63, 3.8) is 0 Å². The molecular weight excluding hydrogens is 212 g/mol. The molecule has 0 saturated heterocycles. The van der Waals surface area contributed by atoms with Gasteiger partial charge in [-0.3, -0.25) is 0 Å². The maximum absolute atomic E-state index is 13.4. The quantitative estimate of drug-likeness (QED) is 0.758. The molecule has 0 aliphatic heterocycles. The summed E-state index contributed by atoms with van der Waals surface area (Å²) in [7, 11) is 0. The monoisotopic (exact) mass is 229 g/mol. The van der Waals surface area contributed by atoms with Crippen LogP contribution in [0.4, 0.5) is 8.78 Å². The van der Waals surface area contributed by atoms with E-state index in [4.69, 9.17) is 0 Å². The number of nitrogens with one attached hydrogen (secondary N) is 1. The Bertz CT molecular complexity index is 353. The van der Waals surface area contributed by atoms with Crippen LogP contribution in [0.5, 0.6) is 0 Å². The molecule has 1 atom stereocenters. The molecular formula is C12H17F2NO. The topological polar surface area (TPSA) is 32.3 Å². The average molecular weight is 229 g/mol. The van der Waals surface area contributed by atoms with Crippen molar-refractivity contribution in [2.45, 2.75) is 25.9 Å². The normalized spacial score (nSPS) is 14.8. The Hall–Kier alpha value is -1.00. The molecule has 2 nitrogen and oxygen atoms in total. The molecule has 1 rings (SSSR count). The SMILES string of the molecule is CCNCCC(C)(O)c1cc(F)ccc1F. The number of halogens is 2. The fourth-order valence-electron chi connectivity index (χ4n) is 1.55. The second-order valence-corrected chi connectivity index (χ2v) is 4.00. The van der Waals surface area contributed by atoms with Gasteiger partial charge in [-0.15, -0.1) is 0 Å². The molecule has 1 unspecified atom stereocenters. The minimum absolute atomic E-state index is 0.00500. The summed E-state index contributed by atoms with van der Waals surface area (Å²) < 4.78 is 26.4. The molecule has 0 amide bonds. The lowest BCUT2D eigenvalue weighted by Gasteiger charge is -2.24. The number of hydrogen-bond acceptors (Lipinski definition) is 2. The van der Waals surface area contributed by atoms with E-state index in [1.54, 1.807) is 0 Å². The second kappa shape index (κ2) is 5.37. The first kappa shape index (κ1) is 13.1. The summed E-state index contributed by atoms with van der Waals surface area (Å²) in [4.78, 5) is 0. The molecule has 0 saturated carbocycles. The van der Waals surface area contributed by atoms with E-state index in [-0.39, 0.29) is 5.56 Å². The molecule has 1 aromatic rings. The summed E-state index contributed by atoms with van der Waals surface area (Å²) in [5, 5.41) is 13.1. The second-order valence-electron chi connectivity index (χ2n) is 4.00. The van der Waals surface area contributed by atoms with Gasteiger partial charge in [0, 0.05) is 5.56 Å². The van der Waals surface area contributed by atoms with Gasteiger partial charge in [-0.05, 0) is 44.6 Å². The molecule has 2 N–H and O–H groups in total. The molecule has 0 spiro atoms. The molecule has 0 radical (unpaired) electrons. The van der Waals surface area contributed by atoms with Crippen molar-refractivity contribution in [1.82, 2.24) is 5.32 Å². The van der Waals surface area contributed by atoms with E-state index in [9.17, 15) is 13.9 Å². The Morgan fingerprint density at radius 2 is 2.06 bits per heavy atom. The lowest BCUT2D eigenvalue weighted by Crippen LogP contribution is -2.28. The molecule has 16 heavy (non-hydrogen) atoms. The first-order valence-corrected chi connectivity index (χ1v) is 5.36. The summed E-state index contributed by atoms with van der Waals surface area (Å²) in [5.41, 5.74) is -1.35. The molecule has 0 aliphatic rings. The van der Waals surface area contributed by atoms with Crippen LogP contribution in [-0.4, -0.2) is 18.2 Å². The largest absolute Gasteiger partial charge is 0.385 e.